The second-order valence-electron chi connectivity index (χ2n) is 8.89. The molecule has 1 aliphatic rings. The fraction of sp³-hybridized carbons (Fsp3) is 0.500. The summed E-state index contributed by atoms with van der Waals surface area (Å²) in [4.78, 5) is 37.8. The molecule has 0 aliphatic heterocycles. The molecule has 1 unspecified atom stereocenters. The topological polar surface area (TPSA) is 106 Å². The standard InChI is InChI=1S/C17H23NO6.C9H12S/c1-10(2)15(20)14-12(19)9-13(24-16(14)21)11(3)7-5-6-8-18-17(22)23-4;1-7-2-5-9(10-7)6-8-3-4-8/h6,8-11,19H,5,7H2,1-4H3,(H,18,22);2,5,8H,3-4,6H2,1H3/b8-6+;. The van der Waals surface area contributed by atoms with Crippen LogP contribution in [0.5, 0.6) is 5.75 Å². The van der Waals surface area contributed by atoms with Gasteiger partial charge in [-0.15, -0.1) is 11.3 Å². The predicted octanol–water partition coefficient (Wildman–Crippen LogP) is 5.95. The fourth-order valence-corrected chi connectivity index (χ4v) is 4.22. The van der Waals surface area contributed by atoms with Crippen LogP contribution >= 0.6 is 11.3 Å². The van der Waals surface area contributed by atoms with Gasteiger partial charge in [-0.2, -0.15) is 0 Å². The number of ether oxygens (including phenoxy) is 1. The van der Waals surface area contributed by atoms with Crippen molar-refractivity contribution in [2.45, 2.75) is 65.7 Å². The van der Waals surface area contributed by atoms with Crippen LogP contribution in [-0.4, -0.2) is 24.1 Å². The van der Waals surface area contributed by atoms with Gasteiger partial charge in [0.25, 0.3) is 0 Å². The Morgan fingerprint density at radius 2 is 2.00 bits per heavy atom. The van der Waals surface area contributed by atoms with E-state index in [-0.39, 0.29) is 17.2 Å². The highest BCUT2D eigenvalue weighted by molar-refractivity contribution is 7.11. The number of rotatable bonds is 9. The Balaban J connectivity index is 0.000000333. The highest BCUT2D eigenvalue weighted by atomic mass is 32.1. The van der Waals surface area contributed by atoms with E-state index in [9.17, 15) is 19.5 Å². The number of methoxy groups -OCH3 is 1. The average molecular weight is 490 g/mol. The number of allylic oxidation sites excluding steroid dienone is 1. The second kappa shape index (κ2) is 13.1. The number of ketones is 1. The van der Waals surface area contributed by atoms with E-state index in [0.717, 1.165) is 5.92 Å². The van der Waals surface area contributed by atoms with Gasteiger partial charge in [-0.1, -0.05) is 26.8 Å². The maximum Gasteiger partial charge on any atom is 0.410 e. The van der Waals surface area contributed by atoms with Crippen LogP contribution in [-0.2, 0) is 11.2 Å². The van der Waals surface area contributed by atoms with Gasteiger partial charge in [-0.25, -0.2) is 9.59 Å². The van der Waals surface area contributed by atoms with Crippen molar-refractivity contribution in [1.29, 1.82) is 0 Å². The van der Waals surface area contributed by atoms with Crippen LogP contribution in [0.15, 0.2) is 39.7 Å². The maximum atomic E-state index is 12.0. The van der Waals surface area contributed by atoms with Gasteiger partial charge in [0.1, 0.15) is 17.1 Å². The van der Waals surface area contributed by atoms with Crippen LogP contribution < -0.4 is 10.9 Å². The van der Waals surface area contributed by atoms with Gasteiger partial charge in [0, 0.05) is 33.9 Å². The number of aryl methyl sites for hydroxylation is 1. The summed E-state index contributed by atoms with van der Waals surface area (Å²) in [5, 5.41) is 12.4. The van der Waals surface area contributed by atoms with Crippen LogP contribution in [0, 0.1) is 18.8 Å². The maximum absolute atomic E-state index is 12.0. The number of amides is 1. The summed E-state index contributed by atoms with van der Waals surface area (Å²) in [5.41, 5.74) is -1.12. The van der Waals surface area contributed by atoms with E-state index in [2.05, 4.69) is 29.1 Å². The van der Waals surface area contributed by atoms with E-state index in [1.165, 1.54) is 43.5 Å². The summed E-state index contributed by atoms with van der Waals surface area (Å²) in [5.74, 6) is 0.00116. The molecule has 7 nitrogen and oxygen atoms in total. The molecule has 2 aromatic rings. The Labute approximate surface area is 204 Å². The Bertz CT molecular complexity index is 1050. The fourth-order valence-electron chi connectivity index (χ4n) is 3.22. The predicted molar refractivity (Wildman–Crippen MR) is 134 cm³/mol. The van der Waals surface area contributed by atoms with E-state index < -0.39 is 23.4 Å². The molecule has 3 rings (SSSR count). The molecule has 1 fully saturated rings. The number of aromatic hydroxyl groups is 1. The number of nitrogens with one attached hydrogen (secondary N) is 1. The number of Topliss-reactive ketones (excluding diaryl/α,β-unsaturated/α-hetero) is 1. The van der Waals surface area contributed by atoms with Gasteiger partial charge in [0.15, 0.2) is 5.78 Å². The zero-order valence-electron chi connectivity index (χ0n) is 20.6. The summed E-state index contributed by atoms with van der Waals surface area (Å²) in [6.07, 6.45) is 8.17. The van der Waals surface area contributed by atoms with Gasteiger partial charge in [0.2, 0.25) is 0 Å². The van der Waals surface area contributed by atoms with Gasteiger partial charge < -0.3 is 14.3 Å². The third-order valence-corrected chi connectivity index (χ3v) is 6.48. The minimum atomic E-state index is -0.821. The van der Waals surface area contributed by atoms with Gasteiger partial charge >= 0.3 is 11.7 Å². The molecule has 186 valence electrons. The van der Waals surface area contributed by atoms with Crippen molar-refractivity contribution in [3.8, 4) is 5.75 Å². The van der Waals surface area contributed by atoms with Crippen molar-refractivity contribution < 1.29 is 23.8 Å². The molecule has 8 heteroatoms. The first-order chi connectivity index (χ1) is 16.1. The van der Waals surface area contributed by atoms with Crippen LogP contribution in [0.25, 0.3) is 0 Å². The van der Waals surface area contributed by atoms with Crippen LogP contribution in [0.2, 0.25) is 0 Å². The Hall–Kier alpha value is -2.87. The minimum absolute atomic E-state index is 0.144. The molecule has 2 N–H and O–H groups in total. The zero-order chi connectivity index (χ0) is 25.3. The lowest BCUT2D eigenvalue weighted by atomic mass is 9.99. The molecular weight excluding hydrogens is 454 g/mol. The van der Waals surface area contributed by atoms with Crippen molar-refractivity contribution in [3.05, 3.63) is 62.0 Å². The summed E-state index contributed by atoms with van der Waals surface area (Å²) in [6, 6.07) is 5.82. The zero-order valence-corrected chi connectivity index (χ0v) is 21.4. The quantitative estimate of drug-likeness (QED) is 0.422. The summed E-state index contributed by atoms with van der Waals surface area (Å²) < 4.78 is 9.60. The van der Waals surface area contributed by atoms with E-state index in [1.807, 2.05) is 18.3 Å². The van der Waals surface area contributed by atoms with Gasteiger partial charge in [-0.3, -0.25) is 10.1 Å². The molecule has 1 saturated carbocycles. The van der Waals surface area contributed by atoms with E-state index >= 15 is 0 Å². The lowest BCUT2D eigenvalue weighted by Crippen LogP contribution is -2.19. The minimum Gasteiger partial charge on any atom is -0.507 e. The van der Waals surface area contributed by atoms with Gasteiger partial charge in [0.05, 0.1) is 7.11 Å². The van der Waals surface area contributed by atoms with Crippen molar-refractivity contribution in [2.24, 2.45) is 11.8 Å². The average Bonchev–Trinajstić information content (AvgIpc) is 3.51. The SMILES string of the molecule is COC(=O)N/C=C/CCC(C)c1cc(O)c(C(=O)C(C)C)c(=O)o1.Cc1ccc(CC2CC2)s1. The molecule has 1 amide bonds. The van der Waals surface area contributed by atoms with Gasteiger partial charge in [-0.05, 0) is 57.1 Å². The van der Waals surface area contributed by atoms with Crippen LogP contribution in [0.3, 0.4) is 0 Å². The Kier molecular flexibility index (Phi) is 10.6. The molecule has 34 heavy (non-hydrogen) atoms. The summed E-state index contributed by atoms with van der Waals surface area (Å²) in [6.45, 7) is 7.31. The van der Waals surface area contributed by atoms with E-state index in [0.29, 0.717) is 18.6 Å². The number of alkyl carbamates (subject to hydrolysis) is 1. The van der Waals surface area contributed by atoms with Crippen LogP contribution in [0.1, 0.15) is 78.2 Å². The highest BCUT2D eigenvalue weighted by Gasteiger charge is 2.23. The monoisotopic (exact) mass is 489 g/mol. The molecule has 1 aliphatic carbocycles. The molecule has 0 spiro atoms. The third kappa shape index (κ3) is 8.82. The number of hydrogen-bond acceptors (Lipinski definition) is 7. The first-order valence-electron chi connectivity index (χ1n) is 11.6. The smallest absolute Gasteiger partial charge is 0.410 e. The molecule has 0 saturated heterocycles. The van der Waals surface area contributed by atoms with Crippen molar-refractivity contribution in [1.82, 2.24) is 5.32 Å². The molecular formula is C26H35NO6S. The normalized spacial score (nSPS) is 13.9. The largest absolute Gasteiger partial charge is 0.507 e. The Morgan fingerprint density at radius 1 is 1.29 bits per heavy atom. The lowest BCUT2D eigenvalue weighted by Gasteiger charge is -2.11. The number of carbonyl (C=O) groups excluding carboxylic acids is 2. The molecule has 1 atom stereocenters. The second-order valence-corrected chi connectivity index (χ2v) is 10.3. The van der Waals surface area contributed by atoms with Crippen molar-refractivity contribution in [2.75, 3.05) is 7.11 Å². The van der Waals surface area contributed by atoms with Crippen LogP contribution in [0.4, 0.5) is 4.79 Å². The number of thiophene rings is 1. The molecule has 0 bridgehead atoms. The van der Waals surface area contributed by atoms with Crippen molar-refractivity contribution >= 4 is 23.2 Å². The lowest BCUT2D eigenvalue weighted by molar-refractivity contribution is 0.0931. The molecule has 0 radical (unpaired) electrons. The first kappa shape index (κ1) is 27.4. The van der Waals surface area contributed by atoms with Crippen molar-refractivity contribution in [3.63, 3.8) is 0 Å². The molecule has 2 heterocycles. The summed E-state index contributed by atoms with van der Waals surface area (Å²) in [7, 11) is 1.27. The highest BCUT2D eigenvalue weighted by Crippen LogP contribution is 2.34. The number of hydrogen-bond donors (Lipinski definition) is 2. The van der Waals surface area contributed by atoms with E-state index in [4.69, 9.17) is 4.42 Å². The Morgan fingerprint density at radius 3 is 2.53 bits per heavy atom. The summed E-state index contributed by atoms with van der Waals surface area (Å²) >= 11 is 1.96. The first-order valence-corrected chi connectivity index (χ1v) is 12.4. The molecule has 0 aromatic carbocycles. The number of carbonyl (C=O) groups is 2. The molecule has 2 aromatic heterocycles. The third-order valence-electron chi connectivity index (χ3n) is 5.46. The van der Waals surface area contributed by atoms with E-state index in [1.54, 1.807) is 24.8 Å².